The molecule has 3 N–H and O–H groups in total. The molecule has 0 aliphatic rings. The van der Waals surface area contributed by atoms with Gasteiger partial charge in [0.2, 0.25) is 0 Å². The van der Waals surface area contributed by atoms with Gasteiger partial charge < -0.3 is 25.3 Å². The van der Waals surface area contributed by atoms with Crippen LogP contribution in [0, 0.1) is 0 Å². The van der Waals surface area contributed by atoms with Gasteiger partial charge in [-0.3, -0.25) is 0 Å². The maximum absolute atomic E-state index is 9.10. The Balaban J connectivity index is -0.0000000483. The van der Waals surface area contributed by atoms with E-state index in [0.717, 1.165) is 0 Å². The van der Waals surface area contributed by atoms with E-state index >= 15 is 0 Å². The molecule has 10 heteroatoms. The van der Waals surface area contributed by atoms with Crippen molar-refractivity contribution in [2.45, 2.75) is 0 Å². The molecule has 0 saturated heterocycles. The zero-order chi connectivity index (χ0) is 8.73. The number of carbonyl (C=O) groups is 2. The van der Waals surface area contributed by atoms with E-state index in [4.69, 9.17) is 34.9 Å². The Labute approximate surface area is 112 Å². The fourth-order valence-electron chi connectivity index (χ4n) is 0. The molecule has 0 aliphatic carbocycles. The molecule has 0 aromatic rings. The van der Waals surface area contributed by atoms with Crippen LogP contribution in [0.1, 0.15) is 0 Å². The summed E-state index contributed by atoms with van der Waals surface area (Å²) in [5.41, 5.74) is 0. The van der Waals surface area contributed by atoms with Gasteiger partial charge in [-0.25, -0.2) is 9.59 Å². The molecule has 0 aromatic carbocycles. The first kappa shape index (κ1) is 23.1. The minimum atomic E-state index is -2.67. The van der Waals surface area contributed by atoms with E-state index in [1.165, 1.54) is 0 Å². The average Bonchev–Trinajstić information content (AvgIpc) is 1.63. The smallest absolute Gasteiger partial charge is 0.871 e. The predicted octanol–water partition coefficient (Wildman–Crippen LogP) is -10.2. The summed E-state index contributed by atoms with van der Waals surface area (Å²) < 4.78 is 0. The van der Waals surface area contributed by atoms with Gasteiger partial charge in [-0.05, 0) is 0 Å². The van der Waals surface area contributed by atoms with Crippen LogP contribution in [0.5, 0.6) is 0 Å². The van der Waals surface area contributed by atoms with Crippen molar-refractivity contribution in [3.8, 4) is 0 Å². The summed E-state index contributed by atoms with van der Waals surface area (Å²) in [6.45, 7) is 0. The van der Waals surface area contributed by atoms with Gasteiger partial charge in [0.1, 0.15) is 0 Å². The fraction of sp³-hybridized carbons (Fsp3) is 0. The Morgan fingerprint density at radius 3 is 1.08 bits per heavy atom. The van der Waals surface area contributed by atoms with Crippen LogP contribution in [-0.2, 0) is 9.59 Å². The van der Waals surface area contributed by atoms with Gasteiger partial charge in [-0.15, -0.1) is 0 Å². The van der Waals surface area contributed by atoms with E-state index in [2.05, 4.69) is 0 Å². The molecule has 58 valence electrons. The molecule has 7 nitrogen and oxygen atoms in total. The van der Waals surface area contributed by atoms with Crippen LogP contribution in [0.4, 0.5) is 0 Å². The zero-order valence-electron chi connectivity index (χ0n) is 6.55. The molecule has 0 fully saturated rings. The van der Waals surface area contributed by atoms with Crippen molar-refractivity contribution in [1.82, 2.24) is 0 Å². The van der Waals surface area contributed by atoms with Crippen LogP contribution in [0.15, 0.2) is 0 Å². The van der Waals surface area contributed by atoms with Gasteiger partial charge in [0.05, 0.1) is 7.32 Å². The molecule has 0 unspecified atom stereocenters. The van der Waals surface area contributed by atoms with Crippen LogP contribution in [0.25, 0.3) is 0 Å². The molecule has 0 amide bonds. The quantitative estimate of drug-likeness (QED) is 0.258. The monoisotopic (exact) mass is 196 g/mol. The number of carboxylic acids is 2. The molecule has 0 saturated carbocycles. The molecular weight excluding hydrogens is 193 g/mol. The maximum atomic E-state index is 9.10. The third-order valence-electron chi connectivity index (χ3n) is 0.183. The van der Waals surface area contributed by atoms with Crippen molar-refractivity contribution in [3.05, 3.63) is 0 Å². The van der Waals surface area contributed by atoms with Gasteiger partial charge in [-0.1, -0.05) is 0 Å². The molecule has 0 radical (unpaired) electrons. The summed E-state index contributed by atoms with van der Waals surface area (Å²) in [6.07, 6.45) is 0. The first-order valence-corrected chi connectivity index (χ1v) is 1.84. The Morgan fingerprint density at radius 1 is 1.00 bits per heavy atom. The minimum absolute atomic E-state index is 0. The topological polar surface area (TPSA) is 141 Å². The molecule has 0 aromatic heterocycles. The summed E-state index contributed by atoms with van der Waals surface area (Å²) in [4.78, 5) is 18.2. The van der Waals surface area contributed by atoms with Gasteiger partial charge in [0.15, 0.2) is 0 Å². The van der Waals surface area contributed by atoms with Crippen LogP contribution in [0.3, 0.4) is 0 Å². The van der Waals surface area contributed by atoms with Crippen LogP contribution >= 0.6 is 0 Å². The second-order valence-electron chi connectivity index (χ2n) is 0.917. The van der Waals surface area contributed by atoms with Crippen LogP contribution in [0.2, 0.25) is 0 Å². The van der Waals surface area contributed by atoms with Gasteiger partial charge in [0, 0.05) is 0 Å². The molecule has 0 rings (SSSR count). The number of carboxylic acid groups (broad SMARTS) is 2. The van der Waals surface area contributed by atoms with E-state index < -0.39 is 19.3 Å². The Morgan fingerprint density at radius 2 is 1.08 bits per heavy atom. The Kier molecular flexibility index (Phi) is 27.7. The van der Waals surface area contributed by atoms with Crippen molar-refractivity contribution in [1.29, 1.82) is 0 Å². The van der Waals surface area contributed by atoms with E-state index in [1.54, 1.807) is 0 Å². The van der Waals surface area contributed by atoms with Crippen LogP contribution < -0.4 is 69.2 Å². The number of aliphatic carboxylic acids is 2. The van der Waals surface area contributed by atoms with E-state index in [1.807, 2.05) is 0 Å². The van der Waals surface area contributed by atoms with Crippen LogP contribution in [-0.4, -0.2) is 34.5 Å². The minimum Gasteiger partial charge on any atom is -0.871 e. The molecular formula is C2H3BNa2O7. The van der Waals surface area contributed by atoms with Gasteiger partial charge >= 0.3 is 71.1 Å². The maximum Gasteiger partial charge on any atom is 1.00 e. The second-order valence-corrected chi connectivity index (χ2v) is 0.917. The Hall–Kier alpha value is 0.885. The normalized spacial score (nSPS) is 5.92. The molecule has 0 aliphatic heterocycles. The average molecular weight is 196 g/mol. The fourth-order valence-corrected chi connectivity index (χ4v) is 0. The number of hydrogen-bond acceptors (Lipinski definition) is 5. The van der Waals surface area contributed by atoms with Crippen molar-refractivity contribution >= 4 is 19.3 Å². The summed E-state index contributed by atoms with van der Waals surface area (Å²) >= 11 is 0. The zero-order valence-corrected chi connectivity index (χ0v) is 10.6. The molecule has 0 spiro atoms. The summed E-state index contributed by atoms with van der Waals surface area (Å²) in [7, 11) is -2.67. The van der Waals surface area contributed by atoms with Crippen molar-refractivity contribution in [2.24, 2.45) is 0 Å². The Bertz CT molecular complexity index is 112. The number of rotatable bonds is 0. The summed E-state index contributed by atoms with van der Waals surface area (Å²) in [5, 5.41) is 38.8. The largest absolute Gasteiger partial charge is 1.00 e. The van der Waals surface area contributed by atoms with E-state index in [9.17, 15) is 0 Å². The summed E-state index contributed by atoms with van der Waals surface area (Å²) in [5.74, 6) is -3.65. The molecule has 0 heterocycles. The van der Waals surface area contributed by atoms with E-state index in [-0.39, 0.29) is 59.1 Å². The van der Waals surface area contributed by atoms with Gasteiger partial charge in [0.25, 0.3) is 0 Å². The predicted molar refractivity (Wildman–Crippen MR) is 23.2 cm³/mol. The third-order valence-corrected chi connectivity index (χ3v) is 0.183. The molecule has 0 atom stereocenters. The first-order chi connectivity index (χ1) is 4.37. The van der Waals surface area contributed by atoms with E-state index in [0.29, 0.717) is 0 Å². The van der Waals surface area contributed by atoms with Gasteiger partial charge in [-0.2, -0.15) is 0 Å². The van der Waals surface area contributed by atoms with Crippen molar-refractivity contribution in [3.63, 3.8) is 0 Å². The molecule has 0 bridgehead atoms. The number of hydrogen-bond donors (Lipinski definition) is 3. The summed E-state index contributed by atoms with van der Waals surface area (Å²) in [6, 6.07) is 0. The van der Waals surface area contributed by atoms with Crippen molar-refractivity contribution < 1.29 is 94.0 Å². The molecule has 12 heavy (non-hydrogen) atoms. The first-order valence-electron chi connectivity index (χ1n) is 1.84. The standard InChI is InChI=1S/C2H2O4.BHO3.2Na/c3-1(4)2(5)6;2-1(3)4;;/h(H,3,4)(H,5,6);2H;;/q;-2;2*+1. The second kappa shape index (κ2) is 14.4. The SMILES string of the molecule is O=C(O)C(=O)O.[Na+].[Na+].[O-]B([O-])O. The third kappa shape index (κ3) is 44.6. The van der Waals surface area contributed by atoms with Crippen molar-refractivity contribution in [2.75, 3.05) is 0 Å².